The summed E-state index contributed by atoms with van der Waals surface area (Å²) in [4.78, 5) is 105. The zero-order chi connectivity index (χ0) is 103. The molecule has 14 N–H and O–H groups in total. The number of carbonyl (C=O) groups is 9. The molecule has 6 heterocycles. The summed E-state index contributed by atoms with van der Waals surface area (Å²) < 4.78 is 110. The van der Waals surface area contributed by atoms with E-state index in [2.05, 4.69) is 53.1 Å². The van der Waals surface area contributed by atoms with Crippen LogP contribution < -0.4 is 112 Å². The second-order valence-electron chi connectivity index (χ2n) is 32.1. The number of amides is 7. The summed E-state index contributed by atoms with van der Waals surface area (Å²) in [5.74, 6) is 3.16. The molecule has 0 bridgehead atoms. The smallest absolute Gasteiger partial charge is 0.508 e. The van der Waals surface area contributed by atoms with Gasteiger partial charge >= 0.3 is 53.0 Å². The first-order valence-corrected chi connectivity index (χ1v) is 49.4. The number of benzene rings is 7. The van der Waals surface area contributed by atoms with Crippen LogP contribution in [0.2, 0.25) is 0 Å². The van der Waals surface area contributed by atoms with Crippen LogP contribution in [0.15, 0.2) is 187 Å². The van der Waals surface area contributed by atoms with Gasteiger partial charge in [0.15, 0.2) is 5.78 Å². The number of ketones is 1. The van der Waals surface area contributed by atoms with Gasteiger partial charge in [0.2, 0.25) is 0 Å². The molecular formula is C99H126AlBrCl3F5N13NaO18. The standard InChI is InChI=1S/C18H23FN2O4.3C13H15FN2O2.C10H16BrFO2.C10H11NO2.C10H10O2.C9H9NO2.3CH4.Al.3ClH.N3.Na/c1-18(2,3)25-17(23)21-10-12(9-19)11-24-14-5-4-13-6-7-20-16(22)15(13)8-14;3*14-6-9(7-15)8-18-11-2-1-10-3-4-16-13(17)12(10)5-11;1-10(2,3)14-9(13)5-4-8(6-11)7-12;1-13-8-3-2-7-4-5-11-10(12)9(7)6-8;1-12-8-4-2-7-3-5-10(11)9(7)6-8;11-7-2-1-6-3-4-10-9(12)8(6)5-7;;;;;;;;1-3-2;/h4-5,8-9H,6-7,10-11H2,1-3H3,(H,20,22)(H,21,23);3*1-2,5-6H,3-4,7-8,15H2,(H,16,17);7H,4-6H2,1-3H3;2-3,6H,4-5H2,1H3,(H,11,12);2,4,6H,3,5H2,1H3;1-2,5,11H,3-4H2,(H,10,12);3*1H4;;3*1H;;/q;;;;;;;;;;;+3;;;;-1;+1/p-3/b;9-6+;9-6-;;;;;;;;;;;;;;/i;;;;;;;;1T;;;;;;;;. The number of hydrogen-bond acceptors (Lipinski definition) is 21. The molecule has 0 spiro atoms. The number of fused-ring (bicyclic) bond motifs is 7. The number of ether oxygens (including phenoxy) is 8. The zero-order valence-electron chi connectivity index (χ0n) is 80.1. The second-order valence-corrected chi connectivity index (χ2v) is 39.1. The molecule has 0 unspecified atom stereocenters. The molecule has 141 heavy (non-hydrogen) atoms. The number of alkyl halides is 1. The van der Waals surface area contributed by atoms with Gasteiger partial charge in [0, 0.05) is 146 Å². The van der Waals surface area contributed by atoms with Crippen LogP contribution in [0.3, 0.4) is 0 Å². The van der Waals surface area contributed by atoms with Crippen LogP contribution in [0.1, 0.15) is 196 Å². The number of aryl methyl sites for hydroxylation is 1. The van der Waals surface area contributed by atoms with Crippen molar-refractivity contribution >= 4 is 111 Å². The molecule has 0 fully saturated rings. The molecular weight excluding hydrogens is 1990 g/mol. The van der Waals surface area contributed by atoms with Gasteiger partial charge in [-0.2, -0.15) is 0 Å². The van der Waals surface area contributed by atoms with Crippen LogP contribution >= 0.6 is 46.1 Å². The van der Waals surface area contributed by atoms with E-state index in [0.717, 1.165) is 113 Å². The number of esters is 1. The molecule has 0 atom stereocenters. The average Bonchev–Trinajstić information content (AvgIpc) is 1.93. The van der Waals surface area contributed by atoms with Gasteiger partial charge < -0.3 is 108 Å². The quantitative estimate of drug-likeness (QED) is 0.00539. The Morgan fingerprint density at radius 1 is 0.433 bits per heavy atom. The number of rotatable bonds is 23. The van der Waals surface area contributed by atoms with Crippen LogP contribution in [0, 0.1) is 0 Å². The number of nitrogens with two attached hydrogens (primary N) is 3. The Morgan fingerprint density at radius 2 is 0.688 bits per heavy atom. The number of phenolic OH excluding ortho intramolecular Hbond substituents is 1. The van der Waals surface area contributed by atoms with Gasteiger partial charge in [0.25, 0.3) is 35.4 Å². The van der Waals surface area contributed by atoms with E-state index in [0.29, 0.717) is 156 Å². The molecule has 0 saturated heterocycles. The number of allylic oxidation sites excluding steroid dienone is 1. The van der Waals surface area contributed by atoms with Crippen molar-refractivity contribution in [3.05, 3.63) is 281 Å². The van der Waals surface area contributed by atoms with Gasteiger partial charge in [-0.3, -0.25) is 43.3 Å². The molecule has 7 aromatic rings. The van der Waals surface area contributed by atoms with Crippen LogP contribution in [0.25, 0.3) is 16.0 Å². The topological polar surface area (TPSA) is 469 Å². The monoisotopic (exact) mass is 2120 g/mol. The zero-order valence-corrected chi connectivity index (χ0v) is 86.1. The number of hydrogen-bond donors (Lipinski definition) is 11. The molecule has 6 aliphatic heterocycles. The van der Waals surface area contributed by atoms with Crippen molar-refractivity contribution in [1.29, 1.82) is 0 Å². The third-order valence-corrected chi connectivity index (χ3v) is 20.6. The summed E-state index contributed by atoms with van der Waals surface area (Å²) >= 11 is 1.40. The van der Waals surface area contributed by atoms with Gasteiger partial charge in [-0.25, -0.2) is 56.9 Å². The number of halogens is 9. The Kier molecular flexibility index (Phi) is 60.8. The predicted molar refractivity (Wildman–Crippen MR) is 541 cm³/mol. The fourth-order valence-electron chi connectivity index (χ4n) is 12.9. The number of phenols is 1. The van der Waals surface area contributed by atoms with Crippen LogP contribution in [0.4, 0.5) is 26.7 Å². The average molecular weight is 2120 g/mol. The van der Waals surface area contributed by atoms with E-state index in [9.17, 15) is 65.1 Å². The first kappa shape index (κ1) is 126. The third-order valence-electron chi connectivity index (χ3n) is 19.9. The largest absolute Gasteiger partial charge is 1.00 e. The van der Waals surface area contributed by atoms with E-state index in [-0.39, 0.29) is 162 Å². The first-order chi connectivity index (χ1) is 66.4. The molecule has 42 heteroatoms. The Hall–Kier alpha value is -11.2. The van der Waals surface area contributed by atoms with E-state index in [4.69, 9.17) is 103 Å². The minimum absolute atomic E-state index is 0. The molecule has 762 valence electrons. The number of Topliss-reactive ketones (excluding diaryl/α,β-unsaturated/α-hetero) is 1. The fraction of sp³-hybridized carbons (Fsp3) is 0.384. The maximum atomic E-state index is 13.0. The second kappa shape index (κ2) is 68.1. The summed E-state index contributed by atoms with van der Waals surface area (Å²) in [6.45, 7) is 15.2. The van der Waals surface area contributed by atoms with Crippen molar-refractivity contribution < 1.29 is 139 Å². The van der Waals surface area contributed by atoms with Crippen molar-refractivity contribution in [3.8, 4) is 40.2 Å². The number of methoxy groups -OCH3 is 2. The summed E-state index contributed by atoms with van der Waals surface area (Å²) in [5.41, 5.74) is 42.2. The SMILES string of the molecule is C.C.CC(C)(C)OC(=O)CCC(=CF)CBr.CC(C)(C)OC(=O)NCC(=CF)COc1ccc2c(c1)C(=O)NCC2.COc1ccc2c(c1)C(=O)CC2.COc1ccc2c(c1)C(=O)NCC2.NC/C(=C/F)COc1ccc2c(c1)C(=O)NCC2.NC/C(=C\F)COc1ccc2c(c1)C(=O)NCC2.NCC(=CF)COc1ccc2c(c1)C(=O)NCC2.O=C1NCCc2ccc(O)cc21.[3H]C.[Cl][Al]([Cl])[Cl].[N-]=[N+]=[N-].[Na+]. The van der Waals surface area contributed by atoms with Crippen molar-refractivity contribution in [1.82, 2.24) is 37.2 Å². The van der Waals surface area contributed by atoms with Gasteiger partial charge in [0.05, 0.1) is 45.9 Å². The molecule has 7 aliphatic rings. The summed E-state index contributed by atoms with van der Waals surface area (Å²) in [5, 5.41) is 28.6. The molecule has 0 saturated carbocycles. The molecule has 7 amide bonds. The van der Waals surface area contributed by atoms with Gasteiger partial charge in [-0.1, -0.05) is 80.7 Å². The fourth-order valence-corrected chi connectivity index (χ4v) is 13.3. The first-order valence-electron chi connectivity index (χ1n) is 44.0. The molecule has 7 aromatic carbocycles. The third kappa shape index (κ3) is 46.6. The Balaban J connectivity index is 0.000000806. The minimum atomic E-state index is -1.72. The van der Waals surface area contributed by atoms with Crippen LogP contribution in [-0.4, -0.2) is 192 Å². The van der Waals surface area contributed by atoms with Gasteiger partial charge in [-0.15, -0.1) is 0 Å². The normalized spacial score (nSPS) is 13.8. The molecule has 14 rings (SSSR count). The Labute approximate surface area is 869 Å². The summed E-state index contributed by atoms with van der Waals surface area (Å²) in [6, 6.07) is 37.4. The molecule has 0 radical (unpaired) electrons. The number of nitrogens with one attached hydrogen (secondary N) is 7. The number of carbonyl (C=O) groups excluding carboxylic acids is 9. The predicted octanol–water partition coefficient (Wildman–Crippen LogP) is 14.5. The maximum absolute atomic E-state index is 13.0. The number of aromatic hydroxyl groups is 1. The van der Waals surface area contributed by atoms with Crippen molar-refractivity contribution in [3.63, 3.8) is 0 Å². The van der Waals surface area contributed by atoms with E-state index in [1.807, 2.05) is 54.6 Å². The number of nitrogens with zero attached hydrogens (tertiary/aromatic N) is 3. The maximum Gasteiger partial charge on any atom is 1.00 e. The van der Waals surface area contributed by atoms with E-state index in [1.54, 1.807) is 122 Å². The van der Waals surface area contributed by atoms with E-state index < -0.39 is 28.7 Å². The Bertz CT molecular complexity index is 5270. The Morgan fingerprint density at radius 3 is 0.957 bits per heavy atom. The van der Waals surface area contributed by atoms with E-state index in [1.165, 1.54) is 18.4 Å². The minimum Gasteiger partial charge on any atom is -0.508 e. The van der Waals surface area contributed by atoms with Gasteiger partial charge in [-0.05, 0) is 222 Å². The van der Waals surface area contributed by atoms with Crippen LogP contribution in [-0.2, 0) is 59.2 Å². The van der Waals surface area contributed by atoms with Crippen molar-refractivity contribution in [2.45, 2.75) is 139 Å². The number of alkyl carbamates (subject to hydrolysis) is 1. The summed E-state index contributed by atoms with van der Waals surface area (Å²) in [7, 11) is 19.3. The van der Waals surface area contributed by atoms with E-state index >= 15 is 0 Å². The van der Waals surface area contributed by atoms with Crippen LogP contribution in [0.5, 0.6) is 40.2 Å². The molecule has 31 nitrogen and oxygen atoms in total. The summed E-state index contributed by atoms with van der Waals surface area (Å²) in [6.07, 6.45) is 8.79. The molecule has 0 aromatic heterocycles. The molecule has 1 aliphatic carbocycles. The van der Waals surface area contributed by atoms with Crippen molar-refractivity contribution in [2.75, 3.05) is 111 Å². The van der Waals surface area contributed by atoms with Gasteiger partial charge in [0.1, 0.15) is 77.9 Å². The van der Waals surface area contributed by atoms with Crippen molar-refractivity contribution in [2.24, 2.45) is 17.2 Å².